The van der Waals surface area contributed by atoms with Crippen LogP contribution < -0.4 is 24.2 Å². The van der Waals surface area contributed by atoms with Crippen LogP contribution in [0.4, 0.5) is 11.4 Å². The van der Waals surface area contributed by atoms with E-state index in [1.54, 1.807) is 36.4 Å². The second kappa shape index (κ2) is 10.3. The number of benzene rings is 3. The number of anilines is 2. The average molecular weight is 471 g/mol. The van der Waals surface area contributed by atoms with Gasteiger partial charge >= 0.3 is 0 Å². The van der Waals surface area contributed by atoms with Gasteiger partial charge in [-0.15, -0.1) is 0 Å². The first kappa shape index (κ1) is 23.9. The van der Waals surface area contributed by atoms with Gasteiger partial charge in [-0.1, -0.05) is 0 Å². The minimum Gasteiger partial charge on any atom is -0.497 e. The molecule has 9 heteroatoms. The van der Waals surface area contributed by atoms with Crippen molar-refractivity contribution < 1.29 is 27.4 Å². The lowest BCUT2D eigenvalue weighted by Gasteiger charge is -2.13. The summed E-state index contributed by atoms with van der Waals surface area (Å²) in [5.41, 5.74) is 1.16. The molecular weight excluding hydrogens is 444 g/mol. The molecule has 2 N–H and O–H groups in total. The molecule has 0 aliphatic rings. The van der Waals surface area contributed by atoms with Gasteiger partial charge in [0.25, 0.3) is 15.9 Å². The maximum atomic E-state index is 12.8. The van der Waals surface area contributed by atoms with Gasteiger partial charge in [-0.3, -0.25) is 9.52 Å². The molecule has 0 bridgehead atoms. The fraction of sp³-hybridized carbons (Fsp3) is 0.208. The molecule has 174 valence electrons. The first-order valence-corrected chi connectivity index (χ1v) is 11.6. The van der Waals surface area contributed by atoms with E-state index in [2.05, 4.69) is 10.0 Å². The number of rotatable bonds is 9. The normalized spacial score (nSPS) is 11.1. The van der Waals surface area contributed by atoms with E-state index in [-0.39, 0.29) is 22.6 Å². The van der Waals surface area contributed by atoms with Crippen LogP contribution in [0.5, 0.6) is 17.2 Å². The van der Waals surface area contributed by atoms with E-state index in [1.807, 2.05) is 13.8 Å². The van der Waals surface area contributed by atoms with Crippen molar-refractivity contribution in [2.45, 2.75) is 24.8 Å². The van der Waals surface area contributed by atoms with Gasteiger partial charge in [0.1, 0.15) is 17.2 Å². The fourth-order valence-corrected chi connectivity index (χ4v) is 4.04. The van der Waals surface area contributed by atoms with Crippen LogP contribution in [0.25, 0.3) is 0 Å². The average Bonchev–Trinajstić information content (AvgIpc) is 2.79. The zero-order chi connectivity index (χ0) is 24.0. The number of carbonyl (C=O) groups is 1. The molecule has 0 aliphatic carbocycles. The van der Waals surface area contributed by atoms with Crippen LogP contribution in [0.2, 0.25) is 0 Å². The maximum absolute atomic E-state index is 12.8. The molecule has 0 saturated heterocycles. The van der Waals surface area contributed by atoms with Crippen LogP contribution in [0.3, 0.4) is 0 Å². The highest BCUT2D eigenvalue weighted by molar-refractivity contribution is 7.92. The van der Waals surface area contributed by atoms with Gasteiger partial charge in [-0.05, 0) is 74.5 Å². The van der Waals surface area contributed by atoms with Gasteiger partial charge in [-0.2, -0.15) is 0 Å². The molecule has 33 heavy (non-hydrogen) atoms. The summed E-state index contributed by atoms with van der Waals surface area (Å²) in [6, 6.07) is 17.4. The van der Waals surface area contributed by atoms with E-state index in [4.69, 9.17) is 14.2 Å². The summed E-state index contributed by atoms with van der Waals surface area (Å²) in [7, 11) is -0.962. The molecule has 0 heterocycles. The Bertz CT molecular complexity index is 1210. The van der Waals surface area contributed by atoms with Crippen molar-refractivity contribution >= 4 is 27.3 Å². The largest absolute Gasteiger partial charge is 0.497 e. The van der Waals surface area contributed by atoms with Crippen LogP contribution in [-0.4, -0.2) is 34.6 Å². The number of hydrogen-bond acceptors (Lipinski definition) is 6. The Morgan fingerprint density at radius 1 is 0.848 bits per heavy atom. The van der Waals surface area contributed by atoms with Crippen molar-refractivity contribution in [3.8, 4) is 17.2 Å². The quantitative estimate of drug-likeness (QED) is 0.476. The van der Waals surface area contributed by atoms with Crippen molar-refractivity contribution in [1.82, 2.24) is 0 Å². The van der Waals surface area contributed by atoms with Gasteiger partial charge in [0.15, 0.2) is 0 Å². The molecule has 8 nitrogen and oxygen atoms in total. The third-order valence-corrected chi connectivity index (χ3v) is 5.94. The molecule has 0 fully saturated rings. The van der Waals surface area contributed by atoms with Crippen molar-refractivity contribution in [1.29, 1.82) is 0 Å². The molecule has 0 unspecified atom stereocenters. The van der Waals surface area contributed by atoms with Gasteiger partial charge in [0.2, 0.25) is 0 Å². The number of hydrogen-bond donors (Lipinski definition) is 2. The van der Waals surface area contributed by atoms with E-state index >= 15 is 0 Å². The summed E-state index contributed by atoms with van der Waals surface area (Å²) in [5, 5.41) is 2.75. The third-order valence-electron chi connectivity index (χ3n) is 4.56. The molecule has 0 saturated carbocycles. The number of amides is 1. The number of methoxy groups -OCH3 is 2. The maximum Gasteiger partial charge on any atom is 0.262 e. The van der Waals surface area contributed by atoms with Crippen LogP contribution in [0.15, 0.2) is 71.6 Å². The van der Waals surface area contributed by atoms with Crippen molar-refractivity contribution in [3.05, 3.63) is 72.3 Å². The Morgan fingerprint density at radius 2 is 1.48 bits per heavy atom. The van der Waals surface area contributed by atoms with Crippen molar-refractivity contribution in [2.24, 2.45) is 0 Å². The molecule has 3 aromatic rings. The van der Waals surface area contributed by atoms with Gasteiger partial charge in [-0.25, -0.2) is 8.42 Å². The zero-order valence-electron chi connectivity index (χ0n) is 18.8. The predicted molar refractivity (Wildman–Crippen MR) is 127 cm³/mol. The number of carbonyl (C=O) groups excluding carboxylic acids is 1. The van der Waals surface area contributed by atoms with Crippen molar-refractivity contribution in [2.75, 3.05) is 24.3 Å². The Hall–Kier alpha value is -3.72. The molecule has 0 atom stereocenters. The topological polar surface area (TPSA) is 103 Å². The summed E-state index contributed by atoms with van der Waals surface area (Å²) in [5.74, 6) is 1.20. The predicted octanol–water partition coefficient (Wildman–Crippen LogP) is 4.54. The van der Waals surface area contributed by atoms with E-state index in [0.29, 0.717) is 28.5 Å². The Kier molecular flexibility index (Phi) is 7.44. The zero-order valence-corrected chi connectivity index (χ0v) is 19.6. The first-order valence-electron chi connectivity index (χ1n) is 10.1. The Balaban J connectivity index is 1.71. The minimum atomic E-state index is -3.90. The van der Waals surface area contributed by atoms with Crippen LogP contribution in [0, 0.1) is 0 Å². The minimum absolute atomic E-state index is 0.0283. The van der Waals surface area contributed by atoms with Crippen LogP contribution in [0.1, 0.15) is 24.2 Å². The molecule has 0 aromatic heterocycles. The number of nitrogens with one attached hydrogen (secondary N) is 2. The van der Waals surface area contributed by atoms with Crippen LogP contribution >= 0.6 is 0 Å². The molecule has 0 aliphatic heterocycles. The summed E-state index contributed by atoms with van der Waals surface area (Å²) >= 11 is 0. The highest BCUT2D eigenvalue weighted by Crippen LogP contribution is 2.31. The second-order valence-corrected chi connectivity index (χ2v) is 9.02. The van der Waals surface area contributed by atoms with Gasteiger partial charge in [0, 0.05) is 17.3 Å². The summed E-state index contributed by atoms with van der Waals surface area (Å²) in [6.45, 7) is 3.85. The highest BCUT2D eigenvalue weighted by atomic mass is 32.2. The number of sulfonamides is 1. The smallest absolute Gasteiger partial charge is 0.262 e. The Labute approximate surface area is 193 Å². The molecule has 0 radical (unpaired) electrons. The first-order chi connectivity index (χ1) is 15.7. The van der Waals surface area contributed by atoms with E-state index in [1.165, 1.54) is 44.6 Å². The molecular formula is C24H26N2O6S. The van der Waals surface area contributed by atoms with Crippen molar-refractivity contribution in [3.63, 3.8) is 0 Å². The summed E-state index contributed by atoms with van der Waals surface area (Å²) in [6.07, 6.45) is 0.0407. The van der Waals surface area contributed by atoms with E-state index in [9.17, 15) is 13.2 Å². The SMILES string of the molecule is COc1ccc(OC)c(NS(=O)(=O)c2ccc(NC(=O)c3ccc(OC(C)C)cc3)cc2)c1. The lowest BCUT2D eigenvalue weighted by atomic mass is 10.2. The summed E-state index contributed by atoms with van der Waals surface area (Å²) < 4.78 is 44.1. The van der Waals surface area contributed by atoms with Gasteiger partial charge < -0.3 is 19.5 Å². The lowest BCUT2D eigenvalue weighted by molar-refractivity contribution is 0.102. The summed E-state index contributed by atoms with van der Waals surface area (Å²) in [4.78, 5) is 12.5. The molecule has 1 amide bonds. The van der Waals surface area contributed by atoms with Gasteiger partial charge in [0.05, 0.1) is 30.9 Å². The second-order valence-electron chi connectivity index (χ2n) is 7.34. The highest BCUT2D eigenvalue weighted by Gasteiger charge is 2.17. The molecule has 3 aromatic carbocycles. The van der Waals surface area contributed by atoms with Crippen LogP contribution in [-0.2, 0) is 10.0 Å². The standard InChI is InChI=1S/C24H26N2O6S/c1-16(2)32-19-9-5-17(6-10-19)24(27)25-18-7-12-21(13-8-18)33(28,29)26-22-15-20(30-3)11-14-23(22)31-4/h5-16,26H,1-4H3,(H,25,27). The Morgan fingerprint density at radius 3 is 2.06 bits per heavy atom. The number of ether oxygens (including phenoxy) is 3. The van der Waals surface area contributed by atoms with E-state index in [0.717, 1.165) is 0 Å². The lowest BCUT2D eigenvalue weighted by Crippen LogP contribution is -2.15. The molecule has 0 spiro atoms. The van der Waals surface area contributed by atoms with E-state index < -0.39 is 10.0 Å². The fourth-order valence-electron chi connectivity index (χ4n) is 2.98. The third kappa shape index (κ3) is 6.17. The molecule has 3 rings (SSSR count). The monoisotopic (exact) mass is 470 g/mol.